The van der Waals surface area contributed by atoms with E-state index in [-0.39, 0.29) is 5.41 Å². The van der Waals surface area contributed by atoms with Crippen LogP contribution in [-0.2, 0) is 5.41 Å². The Balaban J connectivity index is 2.10. The van der Waals surface area contributed by atoms with E-state index >= 15 is 0 Å². The molecule has 3 rings (SSSR count). The molecule has 0 N–H and O–H groups in total. The highest BCUT2D eigenvalue weighted by Gasteiger charge is 2.47. The molecule has 0 aliphatic heterocycles. The molecule has 134 valence electrons. The predicted molar refractivity (Wildman–Crippen MR) is 96.1 cm³/mol. The number of halogens is 2. The largest absolute Gasteiger partial charge is 0.204 e. The van der Waals surface area contributed by atoms with E-state index in [1.165, 1.54) is 70.3 Å². The summed E-state index contributed by atoms with van der Waals surface area (Å²) < 4.78 is 29.1. The second kappa shape index (κ2) is 7.97. The van der Waals surface area contributed by atoms with Gasteiger partial charge in [0.05, 0.1) is 0 Å². The van der Waals surface area contributed by atoms with Crippen LogP contribution < -0.4 is 0 Å². The normalized spacial score (nSPS) is 21.1. The van der Waals surface area contributed by atoms with Crippen LogP contribution in [0.5, 0.6) is 0 Å². The van der Waals surface area contributed by atoms with Crippen molar-refractivity contribution in [2.45, 2.75) is 89.4 Å². The Morgan fingerprint density at radius 3 is 1.92 bits per heavy atom. The molecule has 2 heteroatoms. The zero-order valence-electron chi connectivity index (χ0n) is 15.1. The maximum absolute atomic E-state index is 15.0. The molecular formula is C22H32F2. The van der Waals surface area contributed by atoms with Gasteiger partial charge in [-0.1, -0.05) is 64.0 Å². The lowest BCUT2D eigenvalue weighted by molar-refractivity contribution is 0.0846. The van der Waals surface area contributed by atoms with Gasteiger partial charge in [-0.15, -0.1) is 0 Å². The zero-order chi connectivity index (χ0) is 17.0. The van der Waals surface area contributed by atoms with Gasteiger partial charge < -0.3 is 0 Å². The van der Waals surface area contributed by atoms with Gasteiger partial charge in [-0.25, -0.2) is 8.78 Å². The van der Waals surface area contributed by atoms with E-state index in [1.807, 2.05) is 6.07 Å². The summed E-state index contributed by atoms with van der Waals surface area (Å²) in [6.45, 7) is 2.21. The summed E-state index contributed by atoms with van der Waals surface area (Å²) in [5.41, 5.74) is 0.546. The van der Waals surface area contributed by atoms with Crippen LogP contribution >= 0.6 is 0 Å². The van der Waals surface area contributed by atoms with Gasteiger partial charge in [-0.2, -0.15) is 0 Å². The molecule has 0 radical (unpaired) electrons. The van der Waals surface area contributed by atoms with Crippen LogP contribution in [-0.4, -0.2) is 0 Å². The van der Waals surface area contributed by atoms with E-state index < -0.39 is 11.6 Å². The Hall–Kier alpha value is -0.920. The lowest BCUT2D eigenvalue weighted by Crippen LogP contribution is -2.45. The van der Waals surface area contributed by atoms with Gasteiger partial charge in [-0.3, -0.25) is 0 Å². The minimum Gasteiger partial charge on any atom is -0.204 e. The average molecular weight is 334 g/mol. The number of hydrogen-bond donors (Lipinski definition) is 0. The molecule has 0 heterocycles. The van der Waals surface area contributed by atoms with E-state index in [1.54, 1.807) is 6.07 Å². The first kappa shape index (κ1) is 17.9. The molecule has 0 spiro atoms. The molecule has 0 unspecified atom stereocenters. The third-order valence-corrected chi connectivity index (χ3v) is 6.78. The molecule has 2 aliphatic rings. The van der Waals surface area contributed by atoms with E-state index in [4.69, 9.17) is 0 Å². The standard InChI is InChI=1S/C22H32F2/c1-2-16-22(17-10-5-3-6-11-17,18-12-7-4-8-13-18)19-14-9-15-20(23)21(19)24/h9,14-15,17-18H,2-8,10-13,16H2,1H3. The van der Waals surface area contributed by atoms with E-state index in [2.05, 4.69) is 6.92 Å². The summed E-state index contributed by atoms with van der Waals surface area (Å²) in [7, 11) is 0. The van der Waals surface area contributed by atoms with Crippen molar-refractivity contribution in [1.82, 2.24) is 0 Å². The number of benzene rings is 1. The average Bonchev–Trinajstić information content (AvgIpc) is 2.64. The Labute approximate surface area is 146 Å². The highest BCUT2D eigenvalue weighted by atomic mass is 19.2. The van der Waals surface area contributed by atoms with E-state index in [0.29, 0.717) is 17.4 Å². The van der Waals surface area contributed by atoms with Gasteiger partial charge in [0.25, 0.3) is 0 Å². The summed E-state index contributed by atoms with van der Waals surface area (Å²) in [5, 5.41) is 0. The van der Waals surface area contributed by atoms with Crippen molar-refractivity contribution in [2.24, 2.45) is 11.8 Å². The fraction of sp³-hybridized carbons (Fsp3) is 0.727. The van der Waals surface area contributed by atoms with Crippen LogP contribution in [0.1, 0.15) is 89.5 Å². The molecule has 0 aromatic heterocycles. The zero-order valence-corrected chi connectivity index (χ0v) is 15.1. The minimum absolute atomic E-state index is 0.151. The van der Waals surface area contributed by atoms with Crippen molar-refractivity contribution in [3.05, 3.63) is 35.4 Å². The van der Waals surface area contributed by atoms with Crippen molar-refractivity contribution in [3.8, 4) is 0 Å². The molecule has 0 bridgehead atoms. The molecule has 1 aromatic carbocycles. The Kier molecular flexibility index (Phi) is 5.94. The summed E-state index contributed by atoms with van der Waals surface area (Å²) in [6.07, 6.45) is 14.4. The summed E-state index contributed by atoms with van der Waals surface area (Å²) in [6, 6.07) is 4.90. The number of rotatable bonds is 5. The van der Waals surface area contributed by atoms with Gasteiger partial charge in [0.2, 0.25) is 0 Å². The predicted octanol–water partition coefficient (Wildman–Crippen LogP) is 7.16. The van der Waals surface area contributed by atoms with E-state index in [0.717, 1.165) is 12.8 Å². The first-order valence-corrected chi connectivity index (χ1v) is 10.1. The lowest BCUT2D eigenvalue weighted by Gasteiger charge is -2.50. The van der Waals surface area contributed by atoms with Crippen LogP contribution in [0, 0.1) is 23.5 Å². The van der Waals surface area contributed by atoms with Crippen molar-refractivity contribution in [1.29, 1.82) is 0 Å². The van der Waals surface area contributed by atoms with Crippen LogP contribution in [0.4, 0.5) is 8.78 Å². The molecule has 2 aliphatic carbocycles. The highest BCUT2D eigenvalue weighted by molar-refractivity contribution is 5.31. The molecular weight excluding hydrogens is 302 g/mol. The number of hydrogen-bond acceptors (Lipinski definition) is 0. The Morgan fingerprint density at radius 1 is 0.875 bits per heavy atom. The SMILES string of the molecule is CCCC(c1cccc(F)c1F)(C1CCCCC1)C1CCCCC1. The summed E-state index contributed by atoms with van der Waals surface area (Å²) >= 11 is 0. The summed E-state index contributed by atoms with van der Waals surface area (Å²) in [4.78, 5) is 0. The first-order chi connectivity index (χ1) is 11.7. The molecule has 1 aromatic rings. The Morgan fingerprint density at radius 2 is 1.42 bits per heavy atom. The van der Waals surface area contributed by atoms with Gasteiger partial charge in [0.15, 0.2) is 11.6 Å². The first-order valence-electron chi connectivity index (χ1n) is 10.1. The topological polar surface area (TPSA) is 0 Å². The maximum atomic E-state index is 15.0. The fourth-order valence-corrected chi connectivity index (χ4v) is 5.83. The van der Waals surface area contributed by atoms with Crippen LogP contribution in [0.2, 0.25) is 0 Å². The molecule has 0 nitrogen and oxygen atoms in total. The van der Waals surface area contributed by atoms with Gasteiger partial charge in [0.1, 0.15) is 0 Å². The maximum Gasteiger partial charge on any atom is 0.162 e. The molecule has 24 heavy (non-hydrogen) atoms. The van der Waals surface area contributed by atoms with Gasteiger partial charge in [-0.05, 0) is 55.6 Å². The highest BCUT2D eigenvalue weighted by Crippen LogP contribution is 2.53. The second-order valence-corrected chi connectivity index (χ2v) is 8.06. The second-order valence-electron chi connectivity index (χ2n) is 8.06. The van der Waals surface area contributed by atoms with Crippen LogP contribution in [0.15, 0.2) is 18.2 Å². The third kappa shape index (κ3) is 3.26. The van der Waals surface area contributed by atoms with Crippen LogP contribution in [0.25, 0.3) is 0 Å². The van der Waals surface area contributed by atoms with Gasteiger partial charge in [0, 0.05) is 5.41 Å². The fourth-order valence-electron chi connectivity index (χ4n) is 5.83. The van der Waals surface area contributed by atoms with Crippen molar-refractivity contribution < 1.29 is 8.78 Å². The third-order valence-electron chi connectivity index (χ3n) is 6.78. The molecule has 2 fully saturated rings. The quantitative estimate of drug-likeness (QED) is 0.535. The Bertz CT molecular complexity index is 507. The van der Waals surface area contributed by atoms with E-state index in [9.17, 15) is 8.78 Å². The van der Waals surface area contributed by atoms with Crippen molar-refractivity contribution in [2.75, 3.05) is 0 Å². The summed E-state index contributed by atoms with van der Waals surface area (Å²) in [5.74, 6) is -0.196. The molecule has 0 saturated heterocycles. The van der Waals surface area contributed by atoms with Crippen molar-refractivity contribution in [3.63, 3.8) is 0 Å². The smallest absolute Gasteiger partial charge is 0.162 e. The monoisotopic (exact) mass is 334 g/mol. The lowest BCUT2D eigenvalue weighted by atomic mass is 9.54. The van der Waals surface area contributed by atoms with Gasteiger partial charge >= 0.3 is 0 Å². The minimum atomic E-state index is -0.667. The molecule has 0 amide bonds. The van der Waals surface area contributed by atoms with Crippen LogP contribution in [0.3, 0.4) is 0 Å². The molecule has 2 saturated carbocycles. The molecule has 0 atom stereocenters. The van der Waals surface area contributed by atoms with Crippen molar-refractivity contribution >= 4 is 0 Å².